The molecule has 33 heavy (non-hydrogen) atoms. The van der Waals surface area contributed by atoms with Crippen LogP contribution in [-0.2, 0) is 30.6 Å². The molecule has 2 unspecified atom stereocenters. The van der Waals surface area contributed by atoms with Crippen molar-refractivity contribution in [3.63, 3.8) is 0 Å². The molecule has 1 aliphatic heterocycles. The Morgan fingerprint density at radius 2 is 1.97 bits per heavy atom. The van der Waals surface area contributed by atoms with Crippen molar-refractivity contribution >= 4 is 5.97 Å². The first-order valence-electron chi connectivity index (χ1n) is 11.0. The third-order valence-electron chi connectivity index (χ3n) is 5.50. The standard InChI is InChI=1S/C27H28O6/c1-3-30-18-24-16-23-15-21(12-13-25(23)33-32-24)26(20-9-5-4-6-10-20)31-17-19-8-7-11-22(14-19)27(28)29-2/h4-14,16,24,26H,3,15,17-18H2,1-2H3. The summed E-state index contributed by atoms with van der Waals surface area (Å²) in [6.07, 6.45) is 6.19. The van der Waals surface area contributed by atoms with Crippen molar-refractivity contribution in [2.45, 2.75) is 32.2 Å². The van der Waals surface area contributed by atoms with Crippen LogP contribution < -0.4 is 0 Å². The number of carbonyl (C=O) groups is 1. The number of esters is 1. The third kappa shape index (κ3) is 5.79. The van der Waals surface area contributed by atoms with Gasteiger partial charge < -0.3 is 19.1 Å². The summed E-state index contributed by atoms with van der Waals surface area (Å²) < 4.78 is 16.7. The molecule has 6 heteroatoms. The molecular weight excluding hydrogens is 420 g/mol. The fraction of sp³-hybridized carbons (Fsp3) is 0.296. The first kappa shape index (κ1) is 23.0. The lowest BCUT2D eigenvalue weighted by Crippen LogP contribution is -2.24. The molecule has 0 saturated heterocycles. The zero-order valence-corrected chi connectivity index (χ0v) is 18.9. The van der Waals surface area contributed by atoms with E-state index in [2.05, 4.69) is 18.2 Å². The SMILES string of the molecule is CCOCC1C=C2CC(C(OCc3cccc(C(=O)OC)c3)c3ccccc3)=CC=C2OO1. The molecule has 2 aromatic carbocycles. The lowest BCUT2D eigenvalue weighted by atomic mass is 9.90. The second kappa shape index (κ2) is 11.1. The molecule has 4 rings (SSSR count). The van der Waals surface area contributed by atoms with Gasteiger partial charge in [-0.2, -0.15) is 4.89 Å². The van der Waals surface area contributed by atoms with Crippen LogP contribution in [0.3, 0.4) is 0 Å². The molecule has 172 valence electrons. The first-order chi connectivity index (χ1) is 16.2. The summed E-state index contributed by atoms with van der Waals surface area (Å²) in [5.74, 6) is 0.348. The highest BCUT2D eigenvalue weighted by Gasteiger charge is 2.27. The molecule has 0 fully saturated rings. The molecule has 1 aliphatic carbocycles. The lowest BCUT2D eigenvalue weighted by Gasteiger charge is -2.29. The van der Waals surface area contributed by atoms with Gasteiger partial charge in [-0.3, -0.25) is 0 Å². The number of methoxy groups -OCH3 is 1. The zero-order valence-electron chi connectivity index (χ0n) is 18.9. The van der Waals surface area contributed by atoms with Gasteiger partial charge in [0.1, 0.15) is 12.2 Å². The molecule has 0 amide bonds. The Morgan fingerprint density at radius 1 is 1.12 bits per heavy atom. The number of fused-ring (bicyclic) bond motifs is 1. The summed E-state index contributed by atoms with van der Waals surface area (Å²) in [6.45, 7) is 3.37. The molecule has 2 aromatic rings. The Balaban J connectivity index is 1.54. The molecule has 6 nitrogen and oxygen atoms in total. The summed E-state index contributed by atoms with van der Waals surface area (Å²) in [5, 5.41) is 0. The Labute approximate surface area is 194 Å². The fourth-order valence-electron chi connectivity index (χ4n) is 3.86. The van der Waals surface area contributed by atoms with Crippen LogP contribution in [-0.4, -0.2) is 32.4 Å². The van der Waals surface area contributed by atoms with Gasteiger partial charge in [0.05, 0.1) is 25.9 Å². The van der Waals surface area contributed by atoms with Crippen molar-refractivity contribution in [3.05, 3.63) is 106 Å². The Kier molecular flexibility index (Phi) is 7.73. The maximum absolute atomic E-state index is 11.9. The summed E-state index contributed by atoms with van der Waals surface area (Å²) in [6, 6.07) is 17.4. The molecule has 2 aliphatic rings. The average molecular weight is 449 g/mol. The van der Waals surface area contributed by atoms with Crippen LogP contribution in [0.15, 0.2) is 89.7 Å². The van der Waals surface area contributed by atoms with E-state index in [9.17, 15) is 4.79 Å². The molecule has 2 atom stereocenters. The number of hydrogen-bond acceptors (Lipinski definition) is 6. The van der Waals surface area contributed by atoms with E-state index in [0.29, 0.717) is 37.6 Å². The van der Waals surface area contributed by atoms with E-state index < -0.39 is 0 Å². The van der Waals surface area contributed by atoms with Crippen LogP contribution >= 0.6 is 0 Å². The molecule has 0 saturated carbocycles. The van der Waals surface area contributed by atoms with Gasteiger partial charge in [-0.1, -0.05) is 48.5 Å². The summed E-state index contributed by atoms with van der Waals surface area (Å²) in [4.78, 5) is 22.8. The molecule has 0 spiro atoms. The van der Waals surface area contributed by atoms with Crippen LogP contribution in [0.4, 0.5) is 0 Å². The maximum Gasteiger partial charge on any atom is 0.337 e. The predicted octanol–water partition coefficient (Wildman–Crippen LogP) is 5.24. The normalized spacial score (nSPS) is 18.2. The molecule has 0 radical (unpaired) electrons. The zero-order chi connectivity index (χ0) is 23.0. The minimum Gasteiger partial charge on any atom is -0.465 e. The van der Waals surface area contributed by atoms with Gasteiger partial charge in [0.15, 0.2) is 5.76 Å². The van der Waals surface area contributed by atoms with Crippen LogP contribution in [0.25, 0.3) is 0 Å². The summed E-state index contributed by atoms with van der Waals surface area (Å²) >= 11 is 0. The first-order valence-corrected chi connectivity index (χ1v) is 11.0. The Morgan fingerprint density at radius 3 is 2.76 bits per heavy atom. The second-order valence-electron chi connectivity index (χ2n) is 7.81. The van der Waals surface area contributed by atoms with Gasteiger partial charge in [-0.05, 0) is 47.9 Å². The largest absolute Gasteiger partial charge is 0.465 e. The lowest BCUT2D eigenvalue weighted by molar-refractivity contribution is -0.294. The smallest absolute Gasteiger partial charge is 0.337 e. The third-order valence-corrected chi connectivity index (χ3v) is 5.50. The van der Waals surface area contributed by atoms with Gasteiger partial charge in [0.25, 0.3) is 0 Å². The van der Waals surface area contributed by atoms with Crippen LogP contribution in [0.5, 0.6) is 0 Å². The van der Waals surface area contributed by atoms with E-state index in [0.717, 1.165) is 22.3 Å². The molecule has 0 aromatic heterocycles. The van der Waals surface area contributed by atoms with Crippen molar-refractivity contribution in [1.82, 2.24) is 0 Å². The van der Waals surface area contributed by atoms with Gasteiger partial charge in [0, 0.05) is 18.6 Å². The second-order valence-corrected chi connectivity index (χ2v) is 7.81. The van der Waals surface area contributed by atoms with Crippen LogP contribution in [0.1, 0.15) is 40.9 Å². The summed E-state index contributed by atoms with van der Waals surface area (Å²) in [5.41, 5.74) is 4.63. The number of rotatable bonds is 9. The Bertz CT molecular complexity index is 1050. The number of allylic oxidation sites excluding steroid dienone is 3. The molecule has 0 bridgehead atoms. The van der Waals surface area contributed by atoms with E-state index in [1.807, 2.05) is 49.4 Å². The molecular formula is C27H28O6. The Hall–Kier alpha value is -3.19. The highest BCUT2D eigenvalue weighted by molar-refractivity contribution is 5.89. The quantitative estimate of drug-likeness (QED) is 0.386. The van der Waals surface area contributed by atoms with E-state index in [4.69, 9.17) is 24.0 Å². The summed E-state index contributed by atoms with van der Waals surface area (Å²) in [7, 11) is 1.38. The van der Waals surface area contributed by atoms with Crippen molar-refractivity contribution in [2.24, 2.45) is 0 Å². The van der Waals surface area contributed by atoms with Crippen molar-refractivity contribution in [3.8, 4) is 0 Å². The van der Waals surface area contributed by atoms with Crippen LogP contribution in [0.2, 0.25) is 0 Å². The van der Waals surface area contributed by atoms with Crippen LogP contribution in [0, 0.1) is 0 Å². The molecule has 0 N–H and O–H groups in total. The van der Waals surface area contributed by atoms with E-state index >= 15 is 0 Å². The molecule has 1 heterocycles. The number of hydrogen-bond donors (Lipinski definition) is 0. The van der Waals surface area contributed by atoms with E-state index in [1.54, 1.807) is 12.1 Å². The van der Waals surface area contributed by atoms with Gasteiger partial charge >= 0.3 is 5.97 Å². The van der Waals surface area contributed by atoms with E-state index in [-0.39, 0.29) is 18.2 Å². The monoisotopic (exact) mass is 448 g/mol. The topological polar surface area (TPSA) is 63.2 Å². The maximum atomic E-state index is 11.9. The predicted molar refractivity (Wildman–Crippen MR) is 123 cm³/mol. The highest BCUT2D eigenvalue weighted by Crippen LogP contribution is 2.38. The fourth-order valence-corrected chi connectivity index (χ4v) is 3.86. The van der Waals surface area contributed by atoms with E-state index in [1.165, 1.54) is 7.11 Å². The van der Waals surface area contributed by atoms with Crippen molar-refractivity contribution in [2.75, 3.05) is 20.3 Å². The number of benzene rings is 2. The van der Waals surface area contributed by atoms with Gasteiger partial charge in [0.2, 0.25) is 0 Å². The average Bonchev–Trinajstić information content (AvgIpc) is 2.87. The number of ether oxygens (including phenoxy) is 3. The minimum absolute atomic E-state index is 0.242. The number of carbonyl (C=O) groups excluding carboxylic acids is 1. The minimum atomic E-state index is -0.364. The van der Waals surface area contributed by atoms with Crippen molar-refractivity contribution < 1.29 is 28.8 Å². The highest BCUT2D eigenvalue weighted by atomic mass is 17.2. The van der Waals surface area contributed by atoms with Crippen molar-refractivity contribution in [1.29, 1.82) is 0 Å². The van der Waals surface area contributed by atoms with Gasteiger partial charge in [-0.15, -0.1) is 0 Å². The van der Waals surface area contributed by atoms with Gasteiger partial charge in [-0.25, -0.2) is 4.79 Å².